The van der Waals surface area contributed by atoms with E-state index in [0.717, 1.165) is 19.3 Å². The predicted octanol–water partition coefficient (Wildman–Crippen LogP) is 2.82. The van der Waals surface area contributed by atoms with Crippen LogP contribution in [0.1, 0.15) is 26.2 Å². The summed E-state index contributed by atoms with van der Waals surface area (Å²) in [7, 11) is 0. The van der Waals surface area contributed by atoms with E-state index in [1.54, 1.807) is 24.5 Å². The van der Waals surface area contributed by atoms with Crippen molar-refractivity contribution in [1.82, 2.24) is 4.98 Å². The van der Waals surface area contributed by atoms with Crippen molar-refractivity contribution in [3.63, 3.8) is 0 Å². The maximum absolute atomic E-state index is 11.2. The Morgan fingerprint density at radius 3 is 3.07 bits per heavy atom. The smallest absolute Gasteiger partial charge is 0.411 e. The number of ether oxygens (including phenoxy) is 1. The van der Waals surface area contributed by atoms with E-state index in [4.69, 9.17) is 4.74 Å². The van der Waals surface area contributed by atoms with Gasteiger partial charge in [0.25, 0.3) is 0 Å². The number of aromatic nitrogens is 1. The van der Waals surface area contributed by atoms with Crippen LogP contribution in [-0.2, 0) is 4.74 Å². The molecule has 0 atom stereocenters. The molecule has 1 N–H and O–H groups in total. The molecule has 1 heterocycles. The van der Waals surface area contributed by atoms with E-state index in [2.05, 4.69) is 17.2 Å². The third-order valence-electron chi connectivity index (χ3n) is 1.89. The van der Waals surface area contributed by atoms with Crippen molar-refractivity contribution >= 4 is 11.8 Å². The Bertz CT molecular complexity index is 288. The molecule has 0 bridgehead atoms. The highest BCUT2D eigenvalue weighted by Gasteiger charge is 2.01. The van der Waals surface area contributed by atoms with E-state index in [9.17, 15) is 4.79 Å². The molecule has 1 amide bonds. The van der Waals surface area contributed by atoms with Crippen LogP contribution in [0.15, 0.2) is 24.5 Å². The van der Waals surface area contributed by atoms with E-state index in [-0.39, 0.29) is 0 Å². The third kappa shape index (κ3) is 5.00. The molecule has 82 valence electrons. The molecule has 0 fully saturated rings. The zero-order valence-electron chi connectivity index (χ0n) is 8.90. The molecule has 4 nitrogen and oxygen atoms in total. The third-order valence-corrected chi connectivity index (χ3v) is 1.89. The molecule has 0 saturated carbocycles. The van der Waals surface area contributed by atoms with Crippen LogP contribution in [0.3, 0.4) is 0 Å². The fourth-order valence-electron chi connectivity index (χ4n) is 1.11. The Hall–Kier alpha value is -1.58. The summed E-state index contributed by atoms with van der Waals surface area (Å²) in [6.45, 7) is 2.58. The van der Waals surface area contributed by atoms with Gasteiger partial charge in [-0.25, -0.2) is 4.79 Å². The van der Waals surface area contributed by atoms with Crippen molar-refractivity contribution in [2.75, 3.05) is 11.9 Å². The molecular weight excluding hydrogens is 192 g/mol. The maximum Gasteiger partial charge on any atom is 0.411 e. The highest BCUT2D eigenvalue weighted by molar-refractivity contribution is 5.84. The van der Waals surface area contributed by atoms with Crippen LogP contribution in [0, 0.1) is 0 Å². The summed E-state index contributed by atoms with van der Waals surface area (Å²) in [6.07, 6.45) is 5.93. The van der Waals surface area contributed by atoms with Crippen LogP contribution >= 0.6 is 0 Å². The molecule has 0 aliphatic rings. The minimum absolute atomic E-state index is 0.417. The topological polar surface area (TPSA) is 51.2 Å². The quantitative estimate of drug-likeness (QED) is 0.757. The molecule has 0 unspecified atom stereocenters. The number of carbonyl (C=O) groups is 1. The molecular formula is C11H16N2O2. The zero-order chi connectivity index (χ0) is 10.9. The Morgan fingerprint density at radius 1 is 1.53 bits per heavy atom. The first-order chi connectivity index (χ1) is 7.33. The lowest BCUT2D eigenvalue weighted by molar-refractivity contribution is 0.159. The summed E-state index contributed by atoms with van der Waals surface area (Å²) in [5.74, 6) is 0. The molecule has 0 aliphatic carbocycles. The van der Waals surface area contributed by atoms with Gasteiger partial charge in [0.05, 0.1) is 18.5 Å². The number of anilines is 1. The number of nitrogens with zero attached hydrogens (tertiary/aromatic N) is 1. The summed E-state index contributed by atoms with van der Waals surface area (Å²) in [4.78, 5) is 15.1. The van der Waals surface area contributed by atoms with Crippen LogP contribution in [0.25, 0.3) is 0 Å². The van der Waals surface area contributed by atoms with Gasteiger partial charge in [-0.15, -0.1) is 0 Å². The number of amides is 1. The molecule has 0 spiro atoms. The Labute approximate surface area is 89.7 Å². The number of pyridine rings is 1. The first-order valence-electron chi connectivity index (χ1n) is 5.16. The van der Waals surface area contributed by atoms with Gasteiger partial charge >= 0.3 is 6.09 Å². The normalized spacial score (nSPS) is 9.67. The lowest BCUT2D eigenvalue weighted by Gasteiger charge is -2.05. The minimum atomic E-state index is -0.417. The van der Waals surface area contributed by atoms with Gasteiger partial charge in [-0.2, -0.15) is 0 Å². The molecule has 0 aliphatic heterocycles. The largest absolute Gasteiger partial charge is 0.449 e. The van der Waals surface area contributed by atoms with Crippen LogP contribution in [-0.4, -0.2) is 17.7 Å². The number of carbonyl (C=O) groups excluding carboxylic acids is 1. The van der Waals surface area contributed by atoms with Crippen molar-refractivity contribution in [2.24, 2.45) is 0 Å². The summed E-state index contributed by atoms with van der Waals surface area (Å²) < 4.78 is 4.97. The van der Waals surface area contributed by atoms with Crippen LogP contribution < -0.4 is 5.32 Å². The summed E-state index contributed by atoms with van der Waals surface area (Å²) in [6, 6.07) is 3.52. The van der Waals surface area contributed by atoms with Crippen molar-refractivity contribution in [2.45, 2.75) is 26.2 Å². The first kappa shape index (κ1) is 11.5. The molecule has 1 aromatic heterocycles. The molecule has 4 heteroatoms. The highest BCUT2D eigenvalue weighted by atomic mass is 16.5. The number of nitrogens with one attached hydrogen (secondary N) is 1. The number of rotatable bonds is 5. The van der Waals surface area contributed by atoms with E-state index < -0.39 is 6.09 Å². The summed E-state index contributed by atoms with van der Waals surface area (Å²) in [5.41, 5.74) is 0.651. The minimum Gasteiger partial charge on any atom is -0.449 e. The Kier molecular flexibility index (Phi) is 5.22. The predicted molar refractivity (Wildman–Crippen MR) is 58.7 cm³/mol. The van der Waals surface area contributed by atoms with Gasteiger partial charge in [-0.3, -0.25) is 10.3 Å². The average molecular weight is 208 g/mol. The fourth-order valence-corrected chi connectivity index (χ4v) is 1.11. The van der Waals surface area contributed by atoms with E-state index in [1.807, 2.05) is 0 Å². The second-order valence-electron chi connectivity index (χ2n) is 3.21. The second kappa shape index (κ2) is 6.81. The van der Waals surface area contributed by atoms with Crippen LogP contribution in [0.5, 0.6) is 0 Å². The van der Waals surface area contributed by atoms with Crippen molar-refractivity contribution < 1.29 is 9.53 Å². The standard InChI is InChI=1S/C11H16N2O2/c1-2-3-4-8-15-11(14)13-10-6-5-7-12-9-10/h5-7,9H,2-4,8H2,1H3,(H,13,14). The van der Waals surface area contributed by atoms with Gasteiger partial charge < -0.3 is 4.74 Å². The molecule has 15 heavy (non-hydrogen) atoms. The fraction of sp³-hybridized carbons (Fsp3) is 0.455. The summed E-state index contributed by atoms with van der Waals surface area (Å²) in [5, 5.41) is 2.60. The van der Waals surface area contributed by atoms with Gasteiger partial charge in [0, 0.05) is 6.20 Å². The molecule has 1 rings (SSSR count). The first-order valence-corrected chi connectivity index (χ1v) is 5.16. The average Bonchev–Trinajstić information content (AvgIpc) is 2.26. The molecule has 1 aromatic rings. The molecule has 0 radical (unpaired) electrons. The van der Waals surface area contributed by atoms with E-state index in [1.165, 1.54) is 0 Å². The zero-order valence-corrected chi connectivity index (χ0v) is 8.90. The van der Waals surface area contributed by atoms with Crippen LogP contribution in [0.4, 0.5) is 10.5 Å². The number of unbranched alkanes of at least 4 members (excludes halogenated alkanes) is 2. The van der Waals surface area contributed by atoms with E-state index >= 15 is 0 Å². The van der Waals surface area contributed by atoms with Crippen LogP contribution in [0.2, 0.25) is 0 Å². The van der Waals surface area contributed by atoms with Gasteiger partial charge in [0.2, 0.25) is 0 Å². The Morgan fingerprint density at radius 2 is 2.40 bits per heavy atom. The van der Waals surface area contributed by atoms with Crippen molar-refractivity contribution in [1.29, 1.82) is 0 Å². The SMILES string of the molecule is CCCCCOC(=O)Nc1cccnc1. The van der Waals surface area contributed by atoms with Gasteiger partial charge in [-0.1, -0.05) is 19.8 Å². The van der Waals surface area contributed by atoms with Gasteiger partial charge in [0.1, 0.15) is 0 Å². The van der Waals surface area contributed by atoms with Gasteiger partial charge in [0.15, 0.2) is 0 Å². The maximum atomic E-state index is 11.2. The van der Waals surface area contributed by atoms with E-state index in [0.29, 0.717) is 12.3 Å². The van der Waals surface area contributed by atoms with Crippen molar-refractivity contribution in [3.8, 4) is 0 Å². The monoisotopic (exact) mass is 208 g/mol. The highest BCUT2D eigenvalue weighted by Crippen LogP contribution is 2.03. The number of hydrogen-bond donors (Lipinski definition) is 1. The Balaban J connectivity index is 2.19. The molecule has 0 aromatic carbocycles. The lowest BCUT2D eigenvalue weighted by Crippen LogP contribution is -2.14. The number of hydrogen-bond acceptors (Lipinski definition) is 3. The summed E-state index contributed by atoms with van der Waals surface area (Å²) >= 11 is 0. The molecule has 0 saturated heterocycles. The van der Waals surface area contributed by atoms with Gasteiger partial charge in [-0.05, 0) is 18.6 Å². The second-order valence-corrected chi connectivity index (χ2v) is 3.21. The van der Waals surface area contributed by atoms with Crippen molar-refractivity contribution in [3.05, 3.63) is 24.5 Å². The lowest BCUT2D eigenvalue weighted by atomic mass is 10.3.